The highest BCUT2D eigenvalue weighted by Gasteiger charge is 2.17. The first kappa shape index (κ1) is 12.9. The summed E-state index contributed by atoms with van der Waals surface area (Å²) in [5.41, 5.74) is 0.696. The molecule has 5 nitrogen and oxygen atoms in total. The van der Waals surface area contributed by atoms with Crippen LogP contribution in [0.15, 0.2) is 36.5 Å². The van der Waals surface area contributed by atoms with Crippen LogP contribution in [0.2, 0.25) is 0 Å². The minimum absolute atomic E-state index is 0.0164. The summed E-state index contributed by atoms with van der Waals surface area (Å²) in [5, 5.41) is 8.82. The molecule has 0 unspecified atom stereocenters. The van der Waals surface area contributed by atoms with Crippen molar-refractivity contribution in [1.29, 1.82) is 0 Å². The van der Waals surface area contributed by atoms with Gasteiger partial charge in [0, 0.05) is 11.8 Å². The summed E-state index contributed by atoms with van der Waals surface area (Å²) in [6.07, 6.45) is 1.38. The van der Waals surface area contributed by atoms with Crippen LogP contribution in [0.5, 0.6) is 5.75 Å². The van der Waals surface area contributed by atoms with Crippen molar-refractivity contribution < 1.29 is 19.4 Å². The van der Waals surface area contributed by atoms with E-state index in [9.17, 15) is 9.59 Å². The number of carbonyl (C=O) groups excluding carboxylic acids is 1. The largest absolute Gasteiger partial charge is 0.493 e. The number of carboxylic acid groups (broad SMARTS) is 1. The Morgan fingerprint density at radius 1 is 1.32 bits per heavy atom. The van der Waals surface area contributed by atoms with Crippen molar-refractivity contribution in [2.24, 2.45) is 0 Å². The molecule has 0 bridgehead atoms. The lowest BCUT2D eigenvalue weighted by atomic mass is 10.0. The van der Waals surface area contributed by atoms with Gasteiger partial charge in [-0.2, -0.15) is 0 Å². The average molecular weight is 259 g/mol. The van der Waals surface area contributed by atoms with Gasteiger partial charge in [-0.3, -0.25) is 4.79 Å². The van der Waals surface area contributed by atoms with Gasteiger partial charge in [0.2, 0.25) is 0 Å². The van der Waals surface area contributed by atoms with Crippen LogP contribution in [-0.4, -0.2) is 28.4 Å². The molecule has 0 aliphatic carbocycles. The van der Waals surface area contributed by atoms with E-state index in [1.54, 1.807) is 24.3 Å². The molecule has 0 saturated heterocycles. The van der Waals surface area contributed by atoms with Crippen molar-refractivity contribution in [3.63, 3.8) is 0 Å². The molecule has 0 saturated carbocycles. The van der Waals surface area contributed by atoms with Gasteiger partial charge in [-0.1, -0.05) is 12.1 Å². The molecule has 2 aromatic rings. The zero-order valence-electron chi connectivity index (χ0n) is 10.3. The molecule has 1 aromatic heterocycles. The van der Waals surface area contributed by atoms with Gasteiger partial charge in [0.15, 0.2) is 5.78 Å². The van der Waals surface area contributed by atoms with Gasteiger partial charge in [0.1, 0.15) is 11.4 Å². The molecule has 0 aliphatic heterocycles. The number of hydrogen-bond acceptors (Lipinski definition) is 3. The minimum Gasteiger partial charge on any atom is -0.493 e. The summed E-state index contributed by atoms with van der Waals surface area (Å²) in [7, 11) is 0. The number of rotatable bonds is 5. The van der Waals surface area contributed by atoms with Crippen LogP contribution in [0.1, 0.15) is 33.3 Å². The standard InChI is InChI=1S/C14H13NO4/c1-2-19-12-6-4-3-5-10(12)13(16)9-7-11(14(17)18)15-8-9/h3-8,15H,2H2,1H3,(H,17,18). The first-order valence-electron chi connectivity index (χ1n) is 5.81. The first-order valence-corrected chi connectivity index (χ1v) is 5.81. The molecule has 0 fully saturated rings. The highest BCUT2D eigenvalue weighted by atomic mass is 16.5. The number of aromatic carboxylic acids is 1. The maximum Gasteiger partial charge on any atom is 0.352 e. The van der Waals surface area contributed by atoms with E-state index < -0.39 is 5.97 Å². The molecule has 0 aliphatic rings. The number of para-hydroxylation sites is 1. The Morgan fingerprint density at radius 2 is 2.05 bits per heavy atom. The number of H-pyrrole nitrogens is 1. The van der Waals surface area contributed by atoms with Gasteiger partial charge in [-0.25, -0.2) is 4.79 Å². The third-order valence-electron chi connectivity index (χ3n) is 2.61. The summed E-state index contributed by atoms with van der Waals surface area (Å²) in [6, 6.07) is 8.19. The van der Waals surface area contributed by atoms with Gasteiger partial charge in [0.25, 0.3) is 0 Å². The molecular weight excluding hydrogens is 246 g/mol. The predicted molar refractivity (Wildman–Crippen MR) is 68.8 cm³/mol. The van der Waals surface area contributed by atoms with E-state index in [2.05, 4.69) is 4.98 Å². The average Bonchev–Trinajstić information content (AvgIpc) is 2.89. The lowest BCUT2D eigenvalue weighted by molar-refractivity contribution is 0.0691. The summed E-state index contributed by atoms with van der Waals surface area (Å²) in [6.45, 7) is 2.29. The van der Waals surface area contributed by atoms with E-state index in [-0.39, 0.29) is 11.5 Å². The van der Waals surface area contributed by atoms with Crippen LogP contribution in [0.3, 0.4) is 0 Å². The first-order chi connectivity index (χ1) is 9.13. The molecule has 0 radical (unpaired) electrons. The molecule has 5 heteroatoms. The molecule has 0 atom stereocenters. The van der Waals surface area contributed by atoms with E-state index in [4.69, 9.17) is 9.84 Å². The quantitative estimate of drug-likeness (QED) is 0.808. The topological polar surface area (TPSA) is 79.4 Å². The van der Waals surface area contributed by atoms with Crippen LogP contribution in [0.25, 0.3) is 0 Å². The van der Waals surface area contributed by atoms with Gasteiger partial charge in [-0.05, 0) is 25.1 Å². The summed E-state index contributed by atoms with van der Waals surface area (Å²) < 4.78 is 5.39. The molecule has 0 amide bonds. The second kappa shape index (κ2) is 5.39. The number of hydrogen-bond donors (Lipinski definition) is 2. The Hall–Kier alpha value is -2.56. The van der Waals surface area contributed by atoms with Crippen molar-refractivity contribution in [1.82, 2.24) is 4.98 Å². The van der Waals surface area contributed by atoms with Crippen molar-refractivity contribution in [2.45, 2.75) is 6.92 Å². The molecule has 19 heavy (non-hydrogen) atoms. The molecule has 1 aromatic carbocycles. The van der Waals surface area contributed by atoms with Crippen LogP contribution >= 0.6 is 0 Å². The maximum atomic E-state index is 12.3. The second-order valence-electron chi connectivity index (χ2n) is 3.87. The minimum atomic E-state index is -1.10. The number of carbonyl (C=O) groups is 2. The molecular formula is C14H13NO4. The Balaban J connectivity index is 2.35. The number of ketones is 1. The number of benzene rings is 1. The molecule has 1 heterocycles. The highest BCUT2D eigenvalue weighted by Crippen LogP contribution is 2.21. The maximum absolute atomic E-state index is 12.3. The lowest BCUT2D eigenvalue weighted by Crippen LogP contribution is -2.04. The van der Waals surface area contributed by atoms with Gasteiger partial charge in [-0.15, -0.1) is 0 Å². The molecule has 98 valence electrons. The van der Waals surface area contributed by atoms with E-state index in [1.165, 1.54) is 12.3 Å². The summed E-state index contributed by atoms with van der Waals surface area (Å²) in [5.74, 6) is -0.877. The zero-order chi connectivity index (χ0) is 13.8. The predicted octanol–water partition coefficient (Wildman–Crippen LogP) is 2.34. The number of aromatic amines is 1. The van der Waals surface area contributed by atoms with E-state index in [1.807, 2.05) is 6.92 Å². The fourth-order valence-electron chi connectivity index (χ4n) is 1.74. The molecule has 2 rings (SSSR count). The van der Waals surface area contributed by atoms with Gasteiger partial charge in [0.05, 0.1) is 12.2 Å². The second-order valence-corrected chi connectivity index (χ2v) is 3.87. The van der Waals surface area contributed by atoms with Crippen LogP contribution in [0.4, 0.5) is 0 Å². The molecule has 0 spiro atoms. The van der Waals surface area contributed by atoms with Gasteiger partial charge >= 0.3 is 5.97 Å². The van der Waals surface area contributed by atoms with Crippen LogP contribution in [0, 0.1) is 0 Å². The van der Waals surface area contributed by atoms with Crippen molar-refractivity contribution in [2.75, 3.05) is 6.61 Å². The Morgan fingerprint density at radius 3 is 2.68 bits per heavy atom. The number of nitrogens with one attached hydrogen (secondary N) is 1. The zero-order valence-corrected chi connectivity index (χ0v) is 10.3. The van der Waals surface area contributed by atoms with Crippen molar-refractivity contribution in [3.05, 3.63) is 53.3 Å². The number of aromatic nitrogens is 1. The van der Waals surface area contributed by atoms with E-state index in [0.717, 1.165) is 0 Å². The Bertz CT molecular complexity index is 615. The Kier molecular flexibility index (Phi) is 3.66. The Labute approximate surface area is 109 Å². The third-order valence-corrected chi connectivity index (χ3v) is 2.61. The summed E-state index contributed by atoms with van der Waals surface area (Å²) in [4.78, 5) is 25.6. The van der Waals surface area contributed by atoms with E-state index >= 15 is 0 Å². The fourth-order valence-corrected chi connectivity index (χ4v) is 1.74. The highest BCUT2D eigenvalue weighted by molar-refractivity contribution is 6.11. The normalized spacial score (nSPS) is 10.2. The smallest absolute Gasteiger partial charge is 0.352 e. The SMILES string of the molecule is CCOc1ccccc1C(=O)c1c[nH]c(C(=O)O)c1. The monoisotopic (exact) mass is 259 g/mol. The lowest BCUT2D eigenvalue weighted by Gasteiger charge is -2.07. The van der Waals surface area contributed by atoms with Crippen molar-refractivity contribution >= 4 is 11.8 Å². The van der Waals surface area contributed by atoms with Gasteiger partial charge < -0.3 is 14.8 Å². The van der Waals surface area contributed by atoms with Crippen LogP contribution < -0.4 is 4.74 Å². The van der Waals surface area contributed by atoms with E-state index in [0.29, 0.717) is 23.5 Å². The fraction of sp³-hybridized carbons (Fsp3) is 0.143. The van der Waals surface area contributed by atoms with Crippen molar-refractivity contribution in [3.8, 4) is 5.75 Å². The van der Waals surface area contributed by atoms with Crippen LogP contribution in [-0.2, 0) is 0 Å². The summed E-state index contributed by atoms with van der Waals surface area (Å²) >= 11 is 0. The number of ether oxygens (including phenoxy) is 1. The number of carboxylic acids is 1. The molecule has 2 N–H and O–H groups in total. The third kappa shape index (κ3) is 2.65.